The summed E-state index contributed by atoms with van der Waals surface area (Å²) in [5.41, 5.74) is 6.66. The Labute approximate surface area is 80.5 Å². The monoisotopic (exact) mass is 193 g/mol. The van der Waals surface area contributed by atoms with Crippen LogP contribution in [0.3, 0.4) is 0 Å². The van der Waals surface area contributed by atoms with Gasteiger partial charge in [-0.2, -0.15) is 0 Å². The van der Waals surface area contributed by atoms with Gasteiger partial charge in [0.1, 0.15) is 5.52 Å². The van der Waals surface area contributed by atoms with E-state index in [9.17, 15) is 0 Å². The van der Waals surface area contributed by atoms with E-state index in [1.807, 2.05) is 0 Å². The molecule has 74 valence electrons. The van der Waals surface area contributed by atoms with Crippen LogP contribution in [-0.4, -0.2) is 28.2 Å². The molecule has 0 atom stereocenters. The summed E-state index contributed by atoms with van der Waals surface area (Å²) in [6.07, 6.45) is 4.05. The molecule has 14 heavy (non-hydrogen) atoms. The zero-order chi connectivity index (χ0) is 9.80. The molecule has 0 unspecified atom stereocenters. The first-order valence-electron chi connectivity index (χ1n) is 4.41. The third-order valence-corrected chi connectivity index (χ3v) is 1.77. The Kier molecular flexibility index (Phi) is 2.55. The number of hydrogen-bond donors (Lipinski definition) is 2. The van der Waals surface area contributed by atoms with Gasteiger partial charge in [-0.3, -0.25) is 0 Å². The second-order valence-electron chi connectivity index (χ2n) is 2.84. The molecule has 0 aromatic carbocycles. The topological polar surface area (TPSA) is 89.9 Å². The molecule has 6 heteroatoms. The first-order valence-corrected chi connectivity index (χ1v) is 4.41. The number of rotatable bonds is 4. The lowest BCUT2D eigenvalue weighted by molar-refractivity contribution is 0.455. The first-order chi connectivity index (χ1) is 6.90. The Morgan fingerprint density at radius 1 is 1.43 bits per heavy atom. The Morgan fingerprint density at radius 2 is 2.36 bits per heavy atom. The third kappa shape index (κ3) is 1.80. The second-order valence-corrected chi connectivity index (χ2v) is 2.84. The number of fused-ring (bicyclic) bond motifs is 1. The summed E-state index contributed by atoms with van der Waals surface area (Å²) < 4.78 is 4.88. The summed E-state index contributed by atoms with van der Waals surface area (Å²) in [6.45, 7) is 1.43. The molecule has 6 nitrogen and oxygen atoms in total. The molecular weight excluding hydrogens is 182 g/mol. The molecule has 0 aliphatic carbocycles. The highest BCUT2D eigenvalue weighted by molar-refractivity contribution is 5.70. The average Bonchev–Trinajstić information content (AvgIpc) is 2.65. The molecule has 0 aliphatic rings. The van der Waals surface area contributed by atoms with Crippen molar-refractivity contribution < 1.29 is 4.52 Å². The van der Waals surface area contributed by atoms with Gasteiger partial charge in [0.15, 0.2) is 0 Å². The number of hydrogen-bond acceptors (Lipinski definition) is 6. The molecule has 2 aromatic rings. The number of anilines is 1. The molecule has 0 aliphatic heterocycles. The van der Waals surface area contributed by atoms with Gasteiger partial charge in [-0.05, 0) is 13.0 Å². The maximum absolute atomic E-state index is 5.36. The van der Waals surface area contributed by atoms with Gasteiger partial charge in [-0.15, -0.1) is 0 Å². The quantitative estimate of drug-likeness (QED) is 0.682. The standard InChI is InChI=1S/C8H11N5O/c9-2-1-3-10-8-11-5-7-6(13-8)4-12-14-7/h4-5H,1-3,9H2,(H,10,11,13). The highest BCUT2D eigenvalue weighted by Crippen LogP contribution is 2.10. The fraction of sp³-hybridized carbons (Fsp3) is 0.375. The van der Waals surface area contributed by atoms with Crippen molar-refractivity contribution in [1.82, 2.24) is 15.1 Å². The summed E-state index contributed by atoms with van der Waals surface area (Å²) in [5.74, 6) is 0.578. The molecule has 0 bridgehead atoms. The van der Waals surface area contributed by atoms with Gasteiger partial charge in [-0.1, -0.05) is 5.16 Å². The number of aromatic nitrogens is 3. The van der Waals surface area contributed by atoms with Gasteiger partial charge in [-0.25, -0.2) is 9.97 Å². The molecule has 2 aromatic heterocycles. The van der Waals surface area contributed by atoms with Crippen LogP contribution >= 0.6 is 0 Å². The molecule has 0 radical (unpaired) electrons. The van der Waals surface area contributed by atoms with Crippen molar-refractivity contribution in [3.8, 4) is 0 Å². The normalized spacial score (nSPS) is 10.6. The summed E-state index contributed by atoms with van der Waals surface area (Å²) in [6, 6.07) is 0. The van der Waals surface area contributed by atoms with Gasteiger partial charge in [0.05, 0.1) is 12.4 Å². The molecule has 0 fully saturated rings. The molecule has 0 amide bonds. The minimum absolute atomic E-state index is 0.578. The molecule has 2 rings (SSSR count). The lowest BCUT2D eigenvalue weighted by Gasteiger charge is -2.01. The van der Waals surface area contributed by atoms with E-state index in [2.05, 4.69) is 20.4 Å². The number of nitrogens with zero attached hydrogens (tertiary/aromatic N) is 3. The van der Waals surface area contributed by atoms with Crippen LogP contribution < -0.4 is 11.1 Å². The molecule has 0 saturated heterocycles. The molecule has 3 N–H and O–H groups in total. The number of nitrogens with two attached hydrogens (primary N) is 1. The summed E-state index contributed by atoms with van der Waals surface area (Å²) in [5, 5.41) is 6.67. The van der Waals surface area contributed by atoms with Crippen molar-refractivity contribution >= 4 is 17.0 Å². The van der Waals surface area contributed by atoms with Crippen molar-refractivity contribution in [2.75, 3.05) is 18.4 Å². The van der Waals surface area contributed by atoms with Crippen LogP contribution in [0.5, 0.6) is 0 Å². The van der Waals surface area contributed by atoms with Crippen LogP contribution in [0.1, 0.15) is 6.42 Å². The van der Waals surface area contributed by atoms with E-state index in [0.29, 0.717) is 23.6 Å². The predicted octanol–water partition coefficient (Wildman–Crippen LogP) is 0.378. The van der Waals surface area contributed by atoms with Gasteiger partial charge in [0.25, 0.3) is 0 Å². The predicted molar refractivity (Wildman–Crippen MR) is 51.8 cm³/mol. The van der Waals surface area contributed by atoms with E-state index in [4.69, 9.17) is 10.3 Å². The number of nitrogens with one attached hydrogen (secondary N) is 1. The highest BCUT2D eigenvalue weighted by atomic mass is 16.5. The van der Waals surface area contributed by atoms with Crippen molar-refractivity contribution in [2.24, 2.45) is 5.73 Å². The minimum atomic E-state index is 0.578. The van der Waals surface area contributed by atoms with Crippen LogP contribution in [0, 0.1) is 0 Å². The maximum Gasteiger partial charge on any atom is 0.223 e. The zero-order valence-corrected chi connectivity index (χ0v) is 7.60. The second kappa shape index (κ2) is 4.01. The summed E-state index contributed by atoms with van der Waals surface area (Å²) in [4.78, 5) is 8.24. The Bertz CT molecular complexity index is 413. The molecule has 2 heterocycles. The van der Waals surface area contributed by atoms with E-state index in [-0.39, 0.29) is 0 Å². The van der Waals surface area contributed by atoms with E-state index in [1.54, 1.807) is 12.4 Å². The van der Waals surface area contributed by atoms with Crippen molar-refractivity contribution in [3.05, 3.63) is 12.4 Å². The fourth-order valence-electron chi connectivity index (χ4n) is 1.07. The van der Waals surface area contributed by atoms with Gasteiger partial charge in [0, 0.05) is 6.54 Å². The third-order valence-electron chi connectivity index (χ3n) is 1.77. The first kappa shape index (κ1) is 8.89. The minimum Gasteiger partial charge on any atom is -0.354 e. The lowest BCUT2D eigenvalue weighted by atomic mass is 10.4. The largest absolute Gasteiger partial charge is 0.354 e. The van der Waals surface area contributed by atoms with Crippen LogP contribution in [0.15, 0.2) is 16.9 Å². The van der Waals surface area contributed by atoms with Crippen molar-refractivity contribution in [2.45, 2.75) is 6.42 Å². The zero-order valence-electron chi connectivity index (χ0n) is 7.60. The molecule has 0 spiro atoms. The van der Waals surface area contributed by atoms with E-state index in [1.165, 1.54) is 0 Å². The van der Waals surface area contributed by atoms with Crippen molar-refractivity contribution in [1.29, 1.82) is 0 Å². The van der Waals surface area contributed by atoms with E-state index < -0.39 is 0 Å². The van der Waals surface area contributed by atoms with Gasteiger partial charge >= 0.3 is 0 Å². The molecule has 0 saturated carbocycles. The molecular formula is C8H11N5O. The van der Waals surface area contributed by atoms with Crippen molar-refractivity contribution in [3.63, 3.8) is 0 Å². The fourth-order valence-corrected chi connectivity index (χ4v) is 1.07. The highest BCUT2D eigenvalue weighted by Gasteiger charge is 2.01. The maximum atomic E-state index is 5.36. The summed E-state index contributed by atoms with van der Waals surface area (Å²) >= 11 is 0. The van der Waals surface area contributed by atoms with Crippen LogP contribution in [0.25, 0.3) is 11.1 Å². The Hall–Kier alpha value is -1.69. The van der Waals surface area contributed by atoms with Crippen LogP contribution in [0.4, 0.5) is 5.95 Å². The van der Waals surface area contributed by atoms with Gasteiger partial charge in [0.2, 0.25) is 11.5 Å². The SMILES string of the molecule is NCCCNc1ncc2oncc2n1. The Morgan fingerprint density at radius 3 is 3.21 bits per heavy atom. The van der Waals surface area contributed by atoms with Gasteiger partial charge < -0.3 is 15.6 Å². The smallest absolute Gasteiger partial charge is 0.223 e. The van der Waals surface area contributed by atoms with E-state index in [0.717, 1.165) is 13.0 Å². The lowest BCUT2D eigenvalue weighted by Crippen LogP contribution is -2.10. The van der Waals surface area contributed by atoms with Crippen LogP contribution in [0.2, 0.25) is 0 Å². The van der Waals surface area contributed by atoms with Crippen LogP contribution in [-0.2, 0) is 0 Å². The summed E-state index contributed by atoms with van der Waals surface area (Å²) in [7, 11) is 0. The van der Waals surface area contributed by atoms with E-state index >= 15 is 0 Å². The Balaban J connectivity index is 2.10. The average molecular weight is 193 g/mol.